The summed E-state index contributed by atoms with van der Waals surface area (Å²) in [5, 5.41) is 3.42. The highest BCUT2D eigenvalue weighted by Gasteiger charge is 2.19. The lowest BCUT2D eigenvalue weighted by Gasteiger charge is -2.22. The van der Waals surface area contributed by atoms with Crippen molar-refractivity contribution in [1.29, 1.82) is 0 Å². The minimum Gasteiger partial charge on any atom is -0.441 e. The Hall–Kier alpha value is -1.39. The summed E-state index contributed by atoms with van der Waals surface area (Å²) in [4.78, 5) is 4.62. The highest BCUT2D eigenvalue weighted by atomic mass is 16.5. The lowest BCUT2D eigenvalue weighted by atomic mass is 9.87. The molecule has 0 saturated carbocycles. The summed E-state index contributed by atoms with van der Waals surface area (Å²) in [5.74, 6) is 0.786. The number of hydrogen-bond acceptors (Lipinski definition) is 4. The summed E-state index contributed by atoms with van der Waals surface area (Å²) < 4.78 is 11.3. The molecule has 20 heavy (non-hydrogen) atoms. The van der Waals surface area contributed by atoms with Crippen molar-refractivity contribution >= 4 is 11.1 Å². The van der Waals surface area contributed by atoms with Gasteiger partial charge in [-0.2, -0.15) is 0 Å². The molecular weight excluding hydrogens is 252 g/mol. The van der Waals surface area contributed by atoms with Gasteiger partial charge >= 0.3 is 0 Å². The van der Waals surface area contributed by atoms with E-state index in [1.165, 1.54) is 5.56 Å². The zero-order chi connectivity index (χ0) is 14.2. The molecule has 2 aromatic rings. The summed E-state index contributed by atoms with van der Waals surface area (Å²) in [7, 11) is 0. The van der Waals surface area contributed by atoms with Gasteiger partial charge in [0.15, 0.2) is 11.5 Å². The summed E-state index contributed by atoms with van der Waals surface area (Å²) in [6, 6.07) is 6.59. The average Bonchev–Trinajstić information content (AvgIpc) is 2.80. The van der Waals surface area contributed by atoms with E-state index >= 15 is 0 Å². The summed E-state index contributed by atoms with van der Waals surface area (Å²) in [6.07, 6.45) is 0.777. The molecule has 4 nitrogen and oxygen atoms in total. The predicted molar refractivity (Wildman–Crippen MR) is 79.0 cm³/mol. The Balaban J connectivity index is 1.83. The number of nitrogens with one attached hydrogen (secondary N) is 1. The van der Waals surface area contributed by atoms with Gasteiger partial charge in [-0.05, 0) is 23.1 Å². The van der Waals surface area contributed by atoms with Crippen LogP contribution in [0.3, 0.4) is 0 Å². The van der Waals surface area contributed by atoms with Gasteiger partial charge in [-0.25, -0.2) is 4.98 Å². The fraction of sp³-hybridized carbons (Fsp3) is 0.562. The van der Waals surface area contributed by atoms with Crippen LogP contribution in [0.2, 0.25) is 0 Å². The third-order valence-corrected chi connectivity index (χ3v) is 3.72. The summed E-state index contributed by atoms with van der Waals surface area (Å²) in [5.41, 5.74) is 3.23. The topological polar surface area (TPSA) is 47.3 Å². The van der Waals surface area contributed by atoms with Crippen LogP contribution in [0.1, 0.15) is 32.2 Å². The number of fused-ring (bicyclic) bond motifs is 1. The molecule has 1 aromatic heterocycles. The molecule has 0 aliphatic carbocycles. The first-order valence-corrected chi connectivity index (χ1v) is 7.23. The van der Waals surface area contributed by atoms with Crippen molar-refractivity contribution < 1.29 is 9.15 Å². The first-order chi connectivity index (χ1) is 9.52. The molecule has 1 aliphatic heterocycles. The van der Waals surface area contributed by atoms with Crippen molar-refractivity contribution in [2.45, 2.75) is 38.6 Å². The second-order valence-corrected chi connectivity index (χ2v) is 6.47. The van der Waals surface area contributed by atoms with E-state index in [9.17, 15) is 0 Å². The number of oxazole rings is 1. The highest BCUT2D eigenvalue weighted by molar-refractivity contribution is 5.73. The molecule has 1 fully saturated rings. The summed E-state index contributed by atoms with van der Waals surface area (Å²) in [6.45, 7) is 9.04. The van der Waals surface area contributed by atoms with E-state index in [-0.39, 0.29) is 5.41 Å². The fourth-order valence-corrected chi connectivity index (χ4v) is 2.49. The lowest BCUT2D eigenvalue weighted by Crippen LogP contribution is -2.42. The predicted octanol–water partition coefficient (Wildman–Crippen LogP) is 2.66. The number of nitrogens with zero attached hydrogens (tertiary/aromatic N) is 1. The van der Waals surface area contributed by atoms with Crippen LogP contribution in [0.4, 0.5) is 0 Å². The first kappa shape index (κ1) is 13.6. The van der Waals surface area contributed by atoms with Crippen molar-refractivity contribution in [1.82, 2.24) is 10.3 Å². The van der Waals surface area contributed by atoms with Crippen molar-refractivity contribution in [3.8, 4) is 0 Å². The van der Waals surface area contributed by atoms with Crippen molar-refractivity contribution in [3.63, 3.8) is 0 Å². The number of benzene rings is 1. The second-order valence-electron chi connectivity index (χ2n) is 6.47. The van der Waals surface area contributed by atoms with Gasteiger partial charge < -0.3 is 14.5 Å². The van der Waals surface area contributed by atoms with Crippen molar-refractivity contribution in [3.05, 3.63) is 29.7 Å². The standard InChI is InChI=1S/C16H22N2O2/c1-16(2,3)11-4-5-14-13(8-11)18-15(20-14)9-12-10-19-7-6-17-12/h4-5,8,12,17H,6-7,9-10H2,1-3H3. The molecular formula is C16H22N2O2. The Morgan fingerprint density at radius 1 is 1.35 bits per heavy atom. The Kier molecular flexibility index (Phi) is 3.52. The largest absolute Gasteiger partial charge is 0.441 e. The maximum absolute atomic E-state index is 5.83. The number of rotatable bonds is 2. The van der Waals surface area contributed by atoms with Crippen LogP contribution in [-0.4, -0.2) is 30.8 Å². The Labute approximate surface area is 119 Å². The Bertz CT molecular complexity index is 592. The molecule has 3 rings (SSSR count). The van der Waals surface area contributed by atoms with Crippen LogP contribution in [-0.2, 0) is 16.6 Å². The quantitative estimate of drug-likeness (QED) is 0.914. The van der Waals surface area contributed by atoms with Gasteiger partial charge in [0, 0.05) is 19.0 Å². The third-order valence-electron chi connectivity index (χ3n) is 3.72. The van der Waals surface area contributed by atoms with E-state index in [1.54, 1.807) is 0 Å². The molecule has 0 radical (unpaired) electrons. The van der Waals surface area contributed by atoms with Crippen LogP contribution in [0, 0.1) is 0 Å². The van der Waals surface area contributed by atoms with Crippen LogP contribution >= 0.6 is 0 Å². The molecule has 1 aromatic carbocycles. The molecule has 1 atom stereocenters. The van der Waals surface area contributed by atoms with Gasteiger partial charge in [-0.3, -0.25) is 0 Å². The SMILES string of the molecule is CC(C)(C)c1ccc2oc(CC3COCCN3)nc2c1. The molecule has 1 saturated heterocycles. The van der Waals surface area contributed by atoms with Crippen molar-refractivity contribution in [2.24, 2.45) is 0 Å². The van der Waals surface area contributed by atoms with Gasteiger partial charge in [-0.1, -0.05) is 26.8 Å². The van der Waals surface area contributed by atoms with Gasteiger partial charge in [0.2, 0.25) is 0 Å². The molecule has 2 heterocycles. The highest BCUT2D eigenvalue weighted by Crippen LogP contribution is 2.26. The number of morpholine rings is 1. The Morgan fingerprint density at radius 2 is 2.20 bits per heavy atom. The molecule has 0 spiro atoms. The monoisotopic (exact) mass is 274 g/mol. The minimum atomic E-state index is 0.131. The van der Waals surface area contributed by atoms with E-state index in [0.717, 1.165) is 43.2 Å². The maximum Gasteiger partial charge on any atom is 0.197 e. The van der Waals surface area contributed by atoms with Gasteiger partial charge in [0.05, 0.1) is 13.2 Å². The van der Waals surface area contributed by atoms with E-state index in [1.807, 2.05) is 6.07 Å². The third kappa shape index (κ3) is 2.86. The minimum absolute atomic E-state index is 0.131. The molecule has 4 heteroatoms. The number of hydrogen-bond donors (Lipinski definition) is 1. The van der Waals surface area contributed by atoms with Crippen LogP contribution < -0.4 is 5.32 Å². The molecule has 108 valence electrons. The lowest BCUT2D eigenvalue weighted by molar-refractivity contribution is 0.0751. The van der Waals surface area contributed by atoms with Gasteiger partial charge in [0.1, 0.15) is 5.52 Å². The zero-order valence-corrected chi connectivity index (χ0v) is 12.4. The molecule has 1 aliphatic rings. The van der Waals surface area contributed by atoms with Crippen LogP contribution in [0.15, 0.2) is 22.6 Å². The van der Waals surface area contributed by atoms with Gasteiger partial charge in [0.25, 0.3) is 0 Å². The molecule has 1 N–H and O–H groups in total. The molecule has 0 amide bonds. The van der Waals surface area contributed by atoms with Gasteiger partial charge in [-0.15, -0.1) is 0 Å². The average molecular weight is 274 g/mol. The smallest absolute Gasteiger partial charge is 0.197 e. The zero-order valence-electron chi connectivity index (χ0n) is 12.4. The maximum atomic E-state index is 5.83. The Morgan fingerprint density at radius 3 is 2.90 bits per heavy atom. The summed E-state index contributed by atoms with van der Waals surface area (Å²) >= 11 is 0. The normalized spacial score (nSPS) is 20.4. The molecule has 0 bridgehead atoms. The second kappa shape index (κ2) is 5.19. The van der Waals surface area contributed by atoms with Crippen LogP contribution in [0.5, 0.6) is 0 Å². The van der Waals surface area contributed by atoms with E-state index < -0.39 is 0 Å². The van der Waals surface area contributed by atoms with E-state index in [2.05, 4.69) is 43.2 Å². The molecule has 1 unspecified atom stereocenters. The first-order valence-electron chi connectivity index (χ1n) is 7.23. The number of ether oxygens (including phenoxy) is 1. The van der Waals surface area contributed by atoms with E-state index in [0.29, 0.717) is 6.04 Å². The fourth-order valence-electron chi connectivity index (χ4n) is 2.49. The van der Waals surface area contributed by atoms with Crippen molar-refractivity contribution in [2.75, 3.05) is 19.8 Å². The number of aromatic nitrogens is 1. The van der Waals surface area contributed by atoms with E-state index in [4.69, 9.17) is 9.15 Å². The van der Waals surface area contributed by atoms with Crippen LogP contribution in [0.25, 0.3) is 11.1 Å².